The van der Waals surface area contributed by atoms with Gasteiger partial charge in [0.15, 0.2) is 0 Å². The number of benzene rings is 2. The molecule has 0 saturated carbocycles. The Labute approximate surface area is 128 Å². The van der Waals surface area contributed by atoms with Gasteiger partial charge in [0.05, 0.1) is 23.1 Å². The van der Waals surface area contributed by atoms with E-state index in [4.69, 9.17) is 22.1 Å². The van der Waals surface area contributed by atoms with Crippen molar-refractivity contribution >= 4 is 17.3 Å². The van der Waals surface area contributed by atoms with Gasteiger partial charge in [-0.25, -0.2) is 0 Å². The third-order valence-electron chi connectivity index (χ3n) is 3.00. The first kappa shape index (κ1) is 13.5. The molecule has 0 aliphatic heterocycles. The minimum atomic E-state index is 0.541. The summed E-state index contributed by atoms with van der Waals surface area (Å²) in [7, 11) is 0. The van der Waals surface area contributed by atoms with E-state index < -0.39 is 0 Å². The second-order valence-corrected chi connectivity index (χ2v) is 4.97. The highest BCUT2D eigenvalue weighted by atomic mass is 35.5. The number of rotatable bonds is 3. The summed E-state index contributed by atoms with van der Waals surface area (Å²) in [6.45, 7) is 0. The van der Waals surface area contributed by atoms with Crippen LogP contribution in [0.2, 0.25) is 5.02 Å². The molecule has 3 aromatic rings. The molecule has 0 aliphatic rings. The van der Waals surface area contributed by atoms with Gasteiger partial charge in [-0.15, -0.1) is 0 Å². The number of hydrogen-bond acceptors (Lipinski definition) is 3. The molecule has 1 aromatic heterocycles. The van der Waals surface area contributed by atoms with E-state index in [1.165, 1.54) is 0 Å². The quantitative estimate of drug-likeness (QED) is 0.757. The minimum Gasteiger partial charge on any atom is -0.454 e. The lowest BCUT2D eigenvalue weighted by Gasteiger charge is -2.09. The van der Waals surface area contributed by atoms with Crippen molar-refractivity contribution < 1.29 is 4.74 Å². The van der Waals surface area contributed by atoms with Crippen LogP contribution in [0.1, 0.15) is 0 Å². The Morgan fingerprint density at radius 1 is 0.905 bits per heavy atom. The Kier molecular flexibility index (Phi) is 3.75. The summed E-state index contributed by atoms with van der Waals surface area (Å²) in [6, 6.07) is 17.4. The van der Waals surface area contributed by atoms with Gasteiger partial charge in [-0.1, -0.05) is 48.0 Å². The van der Waals surface area contributed by atoms with Crippen molar-refractivity contribution in [2.24, 2.45) is 0 Å². The van der Waals surface area contributed by atoms with Crippen LogP contribution in [-0.2, 0) is 0 Å². The molecule has 4 heteroatoms. The minimum absolute atomic E-state index is 0.541. The fourth-order valence-corrected chi connectivity index (χ4v) is 2.23. The lowest BCUT2D eigenvalue weighted by Crippen LogP contribution is -1.90. The van der Waals surface area contributed by atoms with Crippen molar-refractivity contribution in [3.63, 3.8) is 0 Å². The molecular formula is C17H13ClN2O. The number of pyridine rings is 1. The van der Waals surface area contributed by atoms with E-state index in [1.54, 1.807) is 18.5 Å². The molecule has 0 spiro atoms. The van der Waals surface area contributed by atoms with Gasteiger partial charge in [-0.05, 0) is 23.3 Å². The zero-order valence-corrected chi connectivity index (χ0v) is 11.9. The second kappa shape index (κ2) is 5.85. The number of anilines is 1. The Bertz CT molecular complexity index is 760. The summed E-state index contributed by atoms with van der Waals surface area (Å²) in [5.41, 5.74) is 8.37. The van der Waals surface area contributed by atoms with Crippen LogP contribution < -0.4 is 10.5 Å². The molecule has 1 heterocycles. The van der Waals surface area contributed by atoms with Gasteiger partial charge in [0.1, 0.15) is 11.5 Å². The molecule has 0 amide bonds. The van der Waals surface area contributed by atoms with Crippen LogP contribution in [0.15, 0.2) is 67.0 Å². The highest BCUT2D eigenvalue weighted by Gasteiger charge is 2.06. The van der Waals surface area contributed by atoms with Crippen molar-refractivity contribution in [1.29, 1.82) is 0 Å². The maximum atomic E-state index is 6.29. The lowest BCUT2D eigenvalue weighted by molar-refractivity contribution is 0.481. The molecule has 0 radical (unpaired) electrons. The van der Waals surface area contributed by atoms with Gasteiger partial charge in [-0.2, -0.15) is 0 Å². The van der Waals surface area contributed by atoms with Crippen LogP contribution in [0.25, 0.3) is 11.1 Å². The van der Waals surface area contributed by atoms with Crippen LogP contribution in [0.5, 0.6) is 11.5 Å². The average Bonchev–Trinajstić information content (AvgIpc) is 2.50. The molecule has 0 saturated heterocycles. The molecule has 0 unspecified atom stereocenters. The normalized spacial score (nSPS) is 10.3. The van der Waals surface area contributed by atoms with Gasteiger partial charge in [0, 0.05) is 6.07 Å². The Hall–Kier alpha value is -2.52. The highest BCUT2D eigenvalue weighted by molar-refractivity contribution is 6.32. The maximum Gasteiger partial charge on any atom is 0.147 e. The molecule has 0 bridgehead atoms. The number of nitrogens with zero attached hydrogens (tertiary/aromatic N) is 1. The number of hydrogen-bond donors (Lipinski definition) is 1. The predicted molar refractivity (Wildman–Crippen MR) is 85.6 cm³/mol. The van der Waals surface area contributed by atoms with Gasteiger partial charge < -0.3 is 10.5 Å². The van der Waals surface area contributed by atoms with E-state index in [0.717, 1.165) is 11.1 Å². The largest absolute Gasteiger partial charge is 0.454 e. The first-order valence-electron chi connectivity index (χ1n) is 6.46. The zero-order valence-electron chi connectivity index (χ0n) is 11.2. The van der Waals surface area contributed by atoms with Crippen LogP contribution in [-0.4, -0.2) is 4.98 Å². The van der Waals surface area contributed by atoms with E-state index in [1.807, 2.05) is 48.5 Å². The molecule has 0 atom stereocenters. The summed E-state index contributed by atoms with van der Waals surface area (Å²) in [4.78, 5) is 3.98. The molecule has 2 aromatic carbocycles. The summed E-state index contributed by atoms with van der Waals surface area (Å²) in [6.07, 6.45) is 3.16. The van der Waals surface area contributed by atoms with Gasteiger partial charge in [0.25, 0.3) is 0 Å². The van der Waals surface area contributed by atoms with Crippen molar-refractivity contribution in [3.8, 4) is 22.6 Å². The lowest BCUT2D eigenvalue weighted by atomic mass is 10.1. The molecule has 3 nitrogen and oxygen atoms in total. The summed E-state index contributed by atoms with van der Waals surface area (Å²) < 4.78 is 5.71. The molecule has 104 valence electrons. The molecule has 0 fully saturated rings. The van der Waals surface area contributed by atoms with Crippen LogP contribution in [0.4, 0.5) is 5.69 Å². The summed E-state index contributed by atoms with van der Waals surface area (Å²) >= 11 is 6.29. The number of ether oxygens (including phenoxy) is 1. The summed E-state index contributed by atoms with van der Waals surface area (Å²) in [5, 5.41) is 0.541. The zero-order chi connectivity index (χ0) is 14.7. The monoisotopic (exact) mass is 296 g/mol. The third-order valence-corrected chi connectivity index (χ3v) is 3.30. The smallest absolute Gasteiger partial charge is 0.147 e. The van der Waals surface area contributed by atoms with Crippen LogP contribution >= 0.6 is 11.6 Å². The Balaban J connectivity index is 1.88. The van der Waals surface area contributed by atoms with E-state index in [2.05, 4.69) is 4.98 Å². The summed E-state index contributed by atoms with van der Waals surface area (Å²) in [5.74, 6) is 1.13. The van der Waals surface area contributed by atoms with E-state index in [9.17, 15) is 0 Å². The first-order valence-corrected chi connectivity index (χ1v) is 6.83. The molecule has 0 aliphatic carbocycles. The van der Waals surface area contributed by atoms with Gasteiger partial charge in [0.2, 0.25) is 0 Å². The van der Waals surface area contributed by atoms with E-state index in [0.29, 0.717) is 22.2 Å². The molecule has 3 rings (SSSR count). The fourth-order valence-electron chi connectivity index (χ4n) is 2.01. The predicted octanol–water partition coefficient (Wildman–Crippen LogP) is 4.78. The number of halogens is 1. The van der Waals surface area contributed by atoms with E-state index >= 15 is 0 Å². The standard InChI is InChI=1S/C17H13ClN2O/c18-16-8-13(12-4-2-1-3-5-12)6-7-17(16)21-15-9-14(19)10-20-11-15/h1-11H,19H2. The van der Waals surface area contributed by atoms with Crippen LogP contribution in [0.3, 0.4) is 0 Å². The van der Waals surface area contributed by atoms with E-state index in [-0.39, 0.29) is 0 Å². The third kappa shape index (κ3) is 3.15. The Morgan fingerprint density at radius 3 is 2.43 bits per heavy atom. The number of nitrogen functional groups attached to an aromatic ring is 1. The molecule has 21 heavy (non-hydrogen) atoms. The van der Waals surface area contributed by atoms with Gasteiger partial charge >= 0.3 is 0 Å². The number of nitrogens with two attached hydrogens (primary N) is 1. The SMILES string of the molecule is Nc1cncc(Oc2ccc(-c3ccccc3)cc2Cl)c1. The molecule has 2 N–H and O–H groups in total. The Morgan fingerprint density at radius 2 is 1.71 bits per heavy atom. The average molecular weight is 297 g/mol. The fraction of sp³-hybridized carbons (Fsp3) is 0. The highest BCUT2D eigenvalue weighted by Crippen LogP contribution is 2.33. The van der Waals surface area contributed by atoms with Crippen LogP contribution in [0, 0.1) is 0 Å². The van der Waals surface area contributed by atoms with Crippen molar-refractivity contribution in [3.05, 3.63) is 72.0 Å². The second-order valence-electron chi connectivity index (χ2n) is 4.57. The van der Waals surface area contributed by atoms with Gasteiger partial charge in [-0.3, -0.25) is 4.98 Å². The van der Waals surface area contributed by atoms with Crippen molar-refractivity contribution in [2.45, 2.75) is 0 Å². The van der Waals surface area contributed by atoms with Crippen molar-refractivity contribution in [2.75, 3.05) is 5.73 Å². The first-order chi connectivity index (χ1) is 10.2. The maximum absolute atomic E-state index is 6.29. The molecular weight excluding hydrogens is 284 g/mol. The number of aromatic nitrogens is 1. The topological polar surface area (TPSA) is 48.1 Å². The van der Waals surface area contributed by atoms with Crippen molar-refractivity contribution in [1.82, 2.24) is 4.98 Å².